The van der Waals surface area contributed by atoms with Gasteiger partial charge in [-0.1, -0.05) is 0 Å². The molecule has 0 radical (unpaired) electrons. The van der Waals surface area contributed by atoms with Crippen LogP contribution in [0.5, 0.6) is 0 Å². The maximum Gasteiger partial charge on any atom is 0.308 e. The minimum absolute atomic E-state index is 0.0336. The molecule has 1 N–H and O–H groups in total. The third-order valence-electron chi connectivity index (χ3n) is 4.34. The van der Waals surface area contributed by atoms with Gasteiger partial charge in [-0.25, -0.2) is 0 Å². The number of amides is 1. The van der Waals surface area contributed by atoms with Crippen molar-refractivity contribution in [2.45, 2.75) is 30.7 Å². The Morgan fingerprint density at radius 2 is 2.24 bits per heavy atom. The number of rotatable bonds is 7. The number of Topliss-reactive ketones (excluding diaryl/α,β-unsaturated/α-hetero) is 1. The summed E-state index contributed by atoms with van der Waals surface area (Å²) in [5, 5.41) is 8.64. The Kier molecular flexibility index (Phi) is 5.29. The standard InChI is InChI=1S/C17H19NO6S/c1-25-17-14(15(21)12-5-3-7-24-12)11(8-13(19)20)16(22)18(17)9-10-4-2-6-23-10/h3,5,7,10,17H,2,4,6,8-9H2,1H3,(H,19,20)/t10-,17-/m0/s1. The predicted molar refractivity (Wildman–Crippen MR) is 90.3 cm³/mol. The molecule has 3 rings (SSSR count). The van der Waals surface area contributed by atoms with Crippen molar-refractivity contribution in [3.63, 3.8) is 0 Å². The molecule has 1 saturated heterocycles. The largest absolute Gasteiger partial charge is 0.481 e. The molecule has 1 aromatic heterocycles. The van der Waals surface area contributed by atoms with Crippen molar-refractivity contribution in [2.75, 3.05) is 19.4 Å². The third-order valence-corrected chi connectivity index (χ3v) is 5.28. The molecular formula is C17H19NO6S. The lowest BCUT2D eigenvalue weighted by Crippen LogP contribution is -2.40. The van der Waals surface area contributed by atoms with Crippen molar-refractivity contribution in [2.24, 2.45) is 0 Å². The summed E-state index contributed by atoms with van der Waals surface area (Å²) in [5.74, 6) is -1.90. The molecule has 1 fully saturated rings. The van der Waals surface area contributed by atoms with Gasteiger partial charge in [0.25, 0.3) is 5.91 Å². The van der Waals surface area contributed by atoms with Gasteiger partial charge in [-0.2, -0.15) is 0 Å². The molecule has 0 aromatic carbocycles. The van der Waals surface area contributed by atoms with Crippen molar-refractivity contribution in [3.05, 3.63) is 35.3 Å². The van der Waals surface area contributed by atoms with Crippen molar-refractivity contribution in [1.29, 1.82) is 0 Å². The monoisotopic (exact) mass is 365 g/mol. The van der Waals surface area contributed by atoms with E-state index < -0.39 is 29.5 Å². The van der Waals surface area contributed by atoms with Crippen LogP contribution in [0.2, 0.25) is 0 Å². The van der Waals surface area contributed by atoms with Crippen molar-refractivity contribution >= 4 is 29.4 Å². The first kappa shape index (κ1) is 17.8. The molecule has 3 heterocycles. The first-order chi connectivity index (χ1) is 12.0. The van der Waals surface area contributed by atoms with Crippen molar-refractivity contribution in [1.82, 2.24) is 4.90 Å². The number of carboxylic acid groups (broad SMARTS) is 1. The van der Waals surface area contributed by atoms with Gasteiger partial charge in [0.05, 0.1) is 18.8 Å². The fraction of sp³-hybridized carbons (Fsp3) is 0.471. The van der Waals surface area contributed by atoms with E-state index in [1.807, 2.05) is 0 Å². The normalized spacial score (nSPS) is 23.6. The van der Waals surface area contributed by atoms with Crippen LogP contribution in [0.1, 0.15) is 29.8 Å². The molecule has 2 aliphatic rings. The molecule has 0 unspecified atom stereocenters. The minimum Gasteiger partial charge on any atom is -0.481 e. The summed E-state index contributed by atoms with van der Waals surface area (Å²) in [7, 11) is 0. The van der Waals surface area contributed by atoms with Crippen LogP contribution in [0.4, 0.5) is 0 Å². The first-order valence-electron chi connectivity index (χ1n) is 8.01. The number of furan rings is 1. The van der Waals surface area contributed by atoms with Crippen molar-refractivity contribution < 1.29 is 28.6 Å². The smallest absolute Gasteiger partial charge is 0.308 e. The first-order valence-corrected chi connectivity index (χ1v) is 9.30. The molecule has 0 spiro atoms. The van der Waals surface area contributed by atoms with Crippen LogP contribution in [0, 0.1) is 0 Å². The van der Waals surface area contributed by atoms with E-state index in [4.69, 9.17) is 9.15 Å². The van der Waals surface area contributed by atoms with Gasteiger partial charge in [0.15, 0.2) is 5.76 Å². The minimum atomic E-state index is -1.15. The van der Waals surface area contributed by atoms with Gasteiger partial charge >= 0.3 is 5.97 Å². The summed E-state index contributed by atoms with van der Waals surface area (Å²) >= 11 is 1.33. The second-order valence-corrected chi connectivity index (χ2v) is 6.87. The van der Waals surface area contributed by atoms with E-state index in [1.54, 1.807) is 17.2 Å². The van der Waals surface area contributed by atoms with Crippen LogP contribution >= 0.6 is 11.8 Å². The maximum atomic E-state index is 12.8. The molecule has 134 valence electrons. The highest BCUT2D eigenvalue weighted by Gasteiger charge is 2.44. The number of carbonyl (C=O) groups excluding carboxylic acids is 2. The van der Waals surface area contributed by atoms with Crippen LogP contribution in [-0.4, -0.2) is 58.6 Å². The zero-order valence-electron chi connectivity index (χ0n) is 13.8. The average Bonchev–Trinajstić information content (AvgIpc) is 3.31. The van der Waals surface area contributed by atoms with Crippen LogP contribution in [0.15, 0.2) is 34.0 Å². The van der Waals surface area contributed by atoms with E-state index in [0.29, 0.717) is 13.2 Å². The summed E-state index contributed by atoms with van der Waals surface area (Å²) in [6.07, 6.45) is 4.38. The number of hydrogen-bond acceptors (Lipinski definition) is 6. The summed E-state index contributed by atoms with van der Waals surface area (Å²) < 4.78 is 10.8. The van der Waals surface area contributed by atoms with Gasteiger partial charge < -0.3 is 19.2 Å². The topological polar surface area (TPSA) is 97.1 Å². The van der Waals surface area contributed by atoms with E-state index in [2.05, 4.69) is 0 Å². The molecule has 1 amide bonds. The molecule has 7 nitrogen and oxygen atoms in total. The SMILES string of the molecule is CS[C@H]1C(C(=O)c2ccco2)=C(CC(=O)O)C(=O)N1C[C@@H]1CCCO1. The summed E-state index contributed by atoms with van der Waals surface area (Å²) in [6.45, 7) is 1.01. The Hall–Kier alpha value is -2.06. The molecule has 1 aromatic rings. The molecule has 8 heteroatoms. The molecule has 2 atom stereocenters. The number of thioether (sulfide) groups is 1. The van der Waals surface area contributed by atoms with Gasteiger partial charge in [-0.3, -0.25) is 14.4 Å². The van der Waals surface area contributed by atoms with Crippen molar-refractivity contribution in [3.8, 4) is 0 Å². The average molecular weight is 365 g/mol. The quantitative estimate of drug-likeness (QED) is 0.738. The molecule has 2 aliphatic heterocycles. The second-order valence-electron chi connectivity index (χ2n) is 5.95. The molecule has 25 heavy (non-hydrogen) atoms. The van der Waals surface area contributed by atoms with Gasteiger partial charge in [0.2, 0.25) is 5.78 Å². The summed E-state index contributed by atoms with van der Waals surface area (Å²) in [5.41, 5.74) is 0.235. The lowest BCUT2D eigenvalue weighted by molar-refractivity contribution is -0.137. The highest BCUT2D eigenvalue weighted by atomic mass is 32.2. The molecular weight excluding hydrogens is 346 g/mol. The van der Waals surface area contributed by atoms with Crippen LogP contribution in [-0.2, 0) is 14.3 Å². The predicted octanol–water partition coefficient (Wildman–Crippen LogP) is 1.94. The number of aliphatic carboxylic acids is 1. The van der Waals surface area contributed by atoms with Crippen LogP contribution < -0.4 is 0 Å². The number of ether oxygens (including phenoxy) is 1. The van der Waals surface area contributed by atoms with Gasteiger partial charge in [-0.15, -0.1) is 11.8 Å². The fourth-order valence-corrected chi connectivity index (χ4v) is 4.16. The Morgan fingerprint density at radius 1 is 1.44 bits per heavy atom. The number of carboxylic acids is 1. The van der Waals surface area contributed by atoms with E-state index in [0.717, 1.165) is 12.8 Å². The van der Waals surface area contributed by atoms with Gasteiger partial charge in [0, 0.05) is 24.3 Å². The Labute approximate surface area is 149 Å². The number of nitrogens with zero attached hydrogens (tertiary/aromatic N) is 1. The second kappa shape index (κ2) is 7.45. The highest BCUT2D eigenvalue weighted by Crippen LogP contribution is 2.36. The third kappa shape index (κ3) is 3.50. The highest BCUT2D eigenvalue weighted by molar-refractivity contribution is 7.99. The number of carbonyl (C=O) groups is 3. The van der Waals surface area contributed by atoms with E-state index in [9.17, 15) is 19.5 Å². The lowest BCUT2D eigenvalue weighted by atomic mass is 10.0. The van der Waals surface area contributed by atoms with Crippen LogP contribution in [0.3, 0.4) is 0 Å². The van der Waals surface area contributed by atoms with Crippen LogP contribution in [0.25, 0.3) is 0 Å². The lowest BCUT2D eigenvalue weighted by Gasteiger charge is -2.27. The molecule has 0 bridgehead atoms. The Bertz CT molecular complexity index is 705. The Balaban J connectivity index is 1.95. The van der Waals surface area contributed by atoms with E-state index in [-0.39, 0.29) is 23.0 Å². The fourth-order valence-electron chi connectivity index (χ4n) is 3.24. The summed E-state index contributed by atoms with van der Waals surface area (Å²) in [4.78, 5) is 38.4. The number of ketones is 1. The number of hydrogen-bond donors (Lipinski definition) is 1. The van der Waals surface area contributed by atoms with Gasteiger partial charge in [0.1, 0.15) is 5.37 Å². The zero-order chi connectivity index (χ0) is 18.0. The van der Waals surface area contributed by atoms with Gasteiger partial charge in [-0.05, 0) is 31.2 Å². The summed E-state index contributed by atoms with van der Waals surface area (Å²) in [6, 6.07) is 3.10. The Morgan fingerprint density at radius 3 is 2.80 bits per heavy atom. The molecule has 0 aliphatic carbocycles. The zero-order valence-corrected chi connectivity index (χ0v) is 14.6. The van der Waals surface area contributed by atoms with E-state index >= 15 is 0 Å². The van der Waals surface area contributed by atoms with E-state index in [1.165, 1.54) is 24.1 Å². The maximum absolute atomic E-state index is 12.8. The molecule has 0 saturated carbocycles.